The zero-order chi connectivity index (χ0) is 24.1. The largest absolute Gasteiger partial charge is 0.480 e. The molecule has 176 valence electrons. The van der Waals surface area contributed by atoms with Gasteiger partial charge in [0.05, 0.1) is 6.54 Å². The molecule has 0 radical (unpaired) electrons. The van der Waals surface area contributed by atoms with Gasteiger partial charge in [-0.15, -0.1) is 0 Å². The van der Waals surface area contributed by atoms with Gasteiger partial charge in [-0.25, -0.2) is 9.59 Å². The van der Waals surface area contributed by atoms with E-state index in [2.05, 4.69) is 22.8 Å². The maximum absolute atomic E-state index is 12.3. The van der Waals surface area contributed by atoms with Crippen LogP contribution in [0.3, 0.4) is 0 Å². The number of hydrogen-bond acceptors (Lipinski definition) is 5. The summed E-state index contributed by atoms with van der Waals surface area (Å²) in [5.41, 5.74) is 4.55. The van der Waals surface area contributed by atoms with Gasteiger partial charge in [-0.05, 0) is 40.8 Å². The first kappa shape index (κ1) is 23.1. The number of amides is 2. The van der Waals surface area contributed by atoms with Gasteiger partial charge in [-0.1, -0.05) is 61.9 Å². The number of alkyl carbamates (subject to hydrolysis) is 1. The van der Waals surface area contributed by atoms with E-state index in [1.165, 1.54) is 6.07 Å². The second-order valence-electron chi connectivity index (χ2n) is 8.10. The van der Waals surface area contributed by atoms with Crippen molar-refractivity contribution in [2.75, 3.05) is 6.61 Å². The fourth-order valence-corrected chi connectivity index (χ4v) is 4.18. The molecule has 4 rings (SSSR count). The maximum Gasteiger partial charge on any atom is 0.407 e. The summed E-state index contributed by atoms with van der Waals surface area (Å²) in [4.78, 5) is 35.8. The van der Waals surface area contributed by atoms with Gasteiger partial charge in [0.25, 0.3) is 5.91 Å². The van der Waals surface area contributed by atoms with Crippen LogP contribution in [0, 0.1) is 0 Å². The van der Waals surface area contributed by atoms with Gasteiger partial charge >= 0.3 is 12.1 Å². The van der Waals surface area contributed by atoms with E-state index >= 15 is 0 Å². The van der Waals surface area contributed by atoms with Crippen LogP contribution in [0.5, 0.6) is 0 Å². The van der Waals surface area contributed by atoms with Crippen molar-refractivity contribution in [1.29, 1.82) is 0 Å². The molecule has 0 saturated heterocycles. The van der Waals surface area contributed by atoms with Crippen molar-refractivity contribution in [3.05, 3.63) is 83.3 Å². The number of hydrogen-bond donors (Lipinski definition) is 3. The van der Waals surface area contributed by atoms with Gasteiger partial charge < -0.3 is 24.9 Å². The molecule has 1 heterocycles. The molecule has 1 aliphatic rings. The van der Waals surface area contributed by atoms with E-state index in [-0.39, 0.29) is 24.8 Å². The first-order valence-electron chi connectivity index (χ1n) is 11.2. The number of carbonyl (C=O) groups excluding carboxylic acids is 2. The molecular weight excluding hydrogens is 436 g/mol. The molecule has 0 saturated carbocycles. The lowest BCUT2D eigenvalue weighted by Crippen LogP contribution is -2.40. The van der Waals surface area contributed by atoms with E-state index in [0.717, 1.165) is 22.3 Å². The Morgan fingerprint density at radius 2 is 1.65 bits per heavy atom. The summed E-state index contributed by atoms with van der Waals surface area (Å²) in [6.07, 6.45) is 0.334. The van der Waals surface area contributed by atoms with Crippen LogP contribution in [0.2, 0.25) is 0 Å². The number of benzene rings is 2. The number of rotatable bonds is 9. The fraction of sp³-hybridized carbons (Fsp3) is 0.269. The Labute approximate surface area is 196 Å². The minimum atomic E-state index is -1.10. The molecule has 8 nitrogen and oxygen atoms in total. The molecule has 3 N–H and O–H groups in total. The minimum Gasteiger partial charge on any atom is -0.480 e. The van der Waals surface area contributed by atoms with E-state index < -0.39 is 24.0 Å². The Morgan fingerprint density at radius 3 is 2.26 bits per heavy atom. The highest BCUT2D eigenvalue weighted by Gasteiger charge is 2.29. The van der Waals surface area contributed by atoms with Crippen molar-refractivity contribution in [2.24, 2.45) is 0 Å². The fourth-order valence-electron chi connectivity index (χ4n) is 4.18. The number of aliphatic carboxylic acids is 1. The van der Waals surface area contributed by atoms with Crippen molar-refractivity contribution in [3.8, 4) is 11.1 Å². The Kier molecular flexibility index (Phi) is 6.96. The highest BCUT2D eigenvalue weighted by molar-refractivity contribution is 5.94. The highest BCUT2D eigenvalue weighted by atomic mass is 16.5. The lowest BCUT2D eigenvalue weighted by Gasteiger charge is -2.14. The average Bonchev–Trinajstić information content (AvgIpc) is 3.44. The Morgan fingerprint density at radius 1 is 1.00 bits per heavy atom. The number of ether oxygens (including phenoxy) is 1. The van der Waals surface area contributed by atoms with Crippen molar-refractivity contribution >= 4 is 18.0 Å². The van der Waals surface area contributed by atoms with Gasteiger partial charge in [0.1, 0.15) is 18.4 Å². The Balaban J connectivity index is 1.30. The Hall–Kier alpha value is -4.07. The van der Waals surface area contributed by atoms with E-state index in [9.17, 15) is 19.5 Å². The second kappa shape index (κ2) is 10.2. The maximum atomic E-state index is 12.3. The van der Waals surface area contributed by atoms with E-state index in [0.29, 0.717) is 18.6 Å². The number of furan rings is 1. The summed E-state index contributed by atoms with van der Waals surface area (Å²) in [6, 6.07) is 18.2. The quantitative estimate of drug-likeness (QED) is 0.436. The summed E-state index contributed by atoms with van der Waals surface area (Å²) in [5, 5.41) is 14.2. The molecule has 0 fully saturated rings. The molecule has 34 heavy (non-hydrogen) atoms. The lowest BCUT2D eigenvalue weighted by atomic mass is 9.98. The van der Waals surface area contributed by atoms with Crippen LogP contribution in [0.15, 0.2) is 65.1 Å². The zero-order valence-corrected chi connectivity index (χ0v) is 18.7. The Bertz CT molecular complexity index is 1160. The van der Waals surface area contributed by atoms with Crippen molar-refractivity contribution in [1.82, 2.24) is 10.6 Å². The molecule has 3 aromatic rings. The normalized spacial score (nSPS) is 13.0. The van der Waals surface area contributed by atoms with Crippen LogP contribution < -0.4 is 10.6 Å². The van der Waals surface area contributed by atoms with Gasteiger partial charge in [0.2, 0.25) is 0 Å². The molecule has 2 aromatic carbocycles. The van der Waals surface area contributed by atoms with E-state index in [1.54, 1.807) is 6.07 Å². The molecule has 2 amide bonds. The second-order valence-corrected chi connectivity index (χ2v) is 8.10. The van der Waals surface area contributed by atoms with Gasteiger partial charge in [-0.2, -0.15) is 0 Å². The van der Waals surface area contributed by atoms with Gasteiger partial charge in [0, 0.05) is 5.92 Å². The van der Waals surface area contributed by atoms with Crippen molar-refractivity contribution < 1.29 is 28.6 Å². The monoisotopic (exact) mass is 462 g/mol. The summed E-state index contributed by atoms with van der Waals surface area (Å²) < 4.78 is 10.9. The molecule has 0 aliphatic heterocycles. The predicted octanol–water partition coefficient (Wildman–Crippen LogP) is 4.30. The van der Waals surface area contributed by atoms with Crippen LogP contribution in [-0.4, -0.2) is 35.7 Å². The highest BCUT2D eigenvalue weighted by Crippen LogP contribution is 2.44. The smallest absolute Gasteiger partial charge is 0.407 e. The molecular formula is C26H26N2O6. The molecule has 0 spiro atoms. The third-order valence-corrected chi connectivity index (χ3v) is 5.82. The van der Waals surface area contributed by atoms with Crippen LogP contribution in [0.25, 0.3) is 11.1 Å². The number of carbonyl (C=O) groups is 3. The van der Waals surface area contributed by atoms with Crippen LogP contribution in [-0.2, 0) is 16.1 Å². The van der Waals surface area contributed by atoms with Crippen LogP contribution in [0.1, 0.15) is 53.1 Å². The molecule has 8 heteroatoms. The molecule has 0 unspecified atom stereocenters. The summed E-state index contributed by atoms with van der Waals surface area (Å²) in [5.74, 6) is -1.43. The number of fused-ring (bicyclic) bond motifs is 3. The van der Waals surface area contributed by atoms with Crippen molar-refractivity contribution in [2.45, 2.75) is 38.3 Å². The van der Waals surface area contributed by atoms with Crippen LogP contribution in [0.4, 0.5) is 4.79 Å². The average molecular weight is 463 g/mol. The summed E-state index contributed by atoms with van der Waals surface area (Å²) in [6.45, 7) is 2.06. The molecule has 1 aromatic heterocycles. The number of carboxylic acid groups (broad SMARTS) is 1. The first-order valence-corrected chi connectivity index (χ1v) is 11.2. The van der Waals surface area contributed by atoms with Gasteiger partial charge in [-0.3, -0.25) is 4.79 Å². The zero-order valence-electron chi connectivity index (χ0n) is 18.7. The summed E-state index contributed by atoms with van der Waals surface area (Å²) in [7, 11) is 0. The topological polar surface area (TPSA) is 118 Å². The SMILES string of the molecule is CCC[C@@H](NC(=O)c1ccc(CNC(=O)OCC2c3ccccc3-c3ccccc32)o1)C(=O)O. The van der Waals surface area contributed by atoms with Crippen molar-refractivity contribution in [3.63, 3.8) is 0 Å². The third kappa shape index (κ3) is 4.96. The summed E-state index contributed by atoms with van der Waals surface area (Å²) >= 11 is 0. The van der Waals surface area contributed by atoms with E-state index in [4.69, 9.17) is 9.15 Å². The molecule has 1 atom stereocenters. The predicted molar refractivity (Wildman–Crippen MR) is 124 cm³/mol. The first-order chi connectivity index (χ1) is 16.5. The lowest BCUT2D eigenvalue weighted by molar-refractivity contribution is -0.139. The third-order valence-electron chi connectivity index (χ3n) is 5.82. The number of carboxylic acids is 1. The standard InChI is InChI=1S/C26H26N2O6/c1-2-7-22(25(30)31)28-24(29)23-13-12-16(34-23)14-27-26(32)33-15-21-19-10-5-3-8-17(19)18-9-4-6-11-20(18)21/h3-6,8-13,21-22H,2,7,14-15H2,1H3,(H,27,32)(H,28,29)(H,30,31)/t22-/m1/s1. The molecule has 0 bridgehead atoms. The molecule has 1 aliphatic carbocycles. The number of nitrogens with one attached hydrogen (secondary N) is 2. The van der Waals surface area contributed by atoms with Gasteiger partial charge in [0.15, 0.2) is 5.76 Å². The minimum absolute atomic E-state index is 0.0216. The van der Waals surface area contributed by atoms with E-state index in [1.807, 2.05) is 43.3 Å². The van der Waals surface area contributed by atoms with Crippen LogP contribution >= 0.6 is 0 Å².